The van der Waals surface area contributed by atoms with Crippen molar-refractivity contribution in [2.24, 2.45) is 5.92 Å². The first-order valence-electron chi connectivity index (χ1n) is 9.51. The molecule has 7 nitrogen and oxygen atoms in total. The largest absolute Gasteiger partial charge is 0.383 e. The third kappa shape index (κ3) is 4.91. The summed E-state index contributed by atoms with van der Waals surface area (Å²) >= 11 is 4.64. The third-order valence-electron chi connectivity index (χ3n) is 4.63. The van der Waals surface area contributed by atoms with Crippen LogP contribution in [-0.4, -0.2) is 22.0 Å². The highest BCUT2D eigenvalue weighted by Crippen LogP contribution is 2.27. The van der Waals surface area contributed by atoms with E-state index in [1.54, 1.807) is 12.1 Å². The fourth-order valence-corrected chi connectivity index (χ4v) is 4.36. The Balaban J connectivity index is 2.10. The molecule has 0 aliphatic heterocycles. The van der Waals surface area contributed by atoms with Gasteiger partial charge in [-0.1, -0.05) is 44.2 Å². The second-order valence-corrected chi connectivity index (χ2v) is 9.77. The van der Waals surface area contributed by atoms with Crippen molar-refractivity contribution < 1.29 is 4.79 Å². The van der Waals surface area contributed by atoms with Crippen LogP contribution in [0.4, 0.5) is 11.5 Å². The number of carbonyl (C=O) groups excluding carboxylic acids is 1. The number of amides is 1. The Labute approximate surface area is 186 Å². The van der Waals surface area contributed by atoms with Gasteiger partial charge in [0.25, 0.3) is 11.5 Å². The molecular weight excluding hydrogens is 468 g/mol. The highest BCUT2D eigenvalue weighted by atomic mass is 79.9. The fraction of sp³-hybridized carbons (Fsp3) is 0.286. The molecule has 0 saturated heterocycles. The number of carbonyl (C=O) groups is 1. The third-order valence-corrected chi connectivity index (χ3v) is 6.24. The van der Waals surface area contributed by atoms with Gasteiger partial charge in [0.05, 0.1) is 15.2 Å². The lowest BCUT2D eigenvalue weighted by Crippen LogP contribution is -2.41. The number of nitrogen functional groups attached to an aromatic ring is 1. The molecular formula is C21H23BrN4O3S. The zero-order valence-electron chi connectivity index (χ0n) is 16.7. The standard InChI is InChI=1S/C21H23BrN4O3S/c1-13(2)10-11-25(20(28)15-8-9-16(22)30-15)17-18(23)26(21(29)24-19(17)27)12-14-6-4-3-5-7-14/h3-9,13H,10-12,23H2,1-2H3,(H,24,27,29). The summed E-state index contributed by atoms with van der Waals surface area (Å²) in [5.41, 5.74) is 5.88. The Morgan fingerprint density at radius 3 is 2.50 bits per heavy atom. The molecule has 0 spiro atoms. The zero-order valence-corrected chi connectivity index (χ0v) is 19.1. The Bertz CT molecular complexity index is 1150. The van der Waals surface area contributed by atoms with Gasteiger partial charge in [-0.3, -0.25) is 24.0 Å². The molecule has 2 heterocycles. The number of rotatable bonds is 7. The molecule has 0 saturated carbocycles. The predicted molar refractivity (Wildman–Crippen MR) is 124 cm³/mol. The average Bonchev–Trinajstić information content (AvgIpc) is 3.14. The number of aromatic nitrogens is 2. The Morgan fingerprint density at radius 1 is 1.20 bits per heavy atom. The number of hydrogen-bond donors (Lipinski definition) is 2. The molecule has 3 rings (SSSR count). The maximum Gasteiger partial charge on any atom is 0.330 e. The second-order valence-electron chi connectivity index (χ2n) is 7.31. The number of anilines is 2. The van der Waals surface area contributed by atoms with Crippen molar-refractivity contribution in [2.45, 2.75) is 26.8 Å². The van der Waals surface area contributed by atoms with Crippen molar-refractivity contribution in [1.29, 1.82) is 0 Å². The first-order valence-corrected chi connectivity index (χ1v) is 11.1. The van der Waals surface area contributed by atoms with Crippen molar-refractivity contribution in [3.8, 4) is 0 Å². The van der Waals surface area contributed by atoms with Gasteiger partial charge in [0.15, 0.2) is 5.69 Å². The van der Waals surface area contributed by atoms with E-state index in [0.29, 0.717) is 23.8 Å². The van der Waals surface area contributed by atoms with E-state index in [-0.39, 0.29) is 24.0 Å². The number of halogens is 1. The van der Waals surface area contributed by atoms with E-state index in [2.05, 4.69) is 20.9 Å². The maximum atomic E-state index is 13.2. The number of benzene rings is 1. The molecule has 3 N–H and O–H groups in total. The normalized spacial score (nSPS) is 11.1. The summed E-state index contributed by atoms with van der Waals surface area (Å²) in [5.74, 6) is -0.0420. The van der Waals surface area contributed by atoms with Crippen LogP contribution in [0.5, 0.6) is 0 Å². The van der Waals surface area contributed by atoms with Gasteiger partial charge in [-0.2, -0.15) is 0 Å². The molecule has 1 aromatic carbocycles. The van der Waals surface area contributed by atoms with Crippen LogP contribution < -0.4 is 21.9 Å². The summed E-state index contributed by atoms with van der Waals surface area (Å²) < 4.78 is 2.09. The SMILES string of the molecule is CC(C)CCN(C(=O)c1ccc(Br)s1)c1c(N)n(Cc2ccccc2)c(=O)[nH]c1=O. The van der Waals surface area contributed by atoms with Gasteiger partial charge in [0, 0.05) is 6.54 Å². The van der Waals surface area contributed by atoms with E-state index in [9.17, 15) is 14.4 Å². The van der Waals surface area contributed by atoms with E-state index in [1.165, 1.54) is 20.8 Å². The zero-order chi connectivity index (χ0) is 21.8. The topological polar surface area (TPSA) is 101 Å². The number of thiophene rings is 1. The van der Waals surface area contributed by atoms with Crippen molar-refractivity contribution in [2.75, 3.05) is 17.2 Å². The summed E-state index contributed by atoms with van der Waals surface area (Å²) in [6.45, 7) is 4.57. The molecule has 0 aliphatic rings. The van der Waals surface area contributed by atoms with E-state index in [0.717, 1.165) is 9.35 Å². The van der Waals surface area contributed by atoms with Crippen LogP contribution in [0, 0.1) is 5.92 Å². The summed E-state index contributed by atoms with van der Waals surface area (Å²) in [7, 11) is 0. The van der Waals surface area contributed by atoms with Gasteiger partial charge in [0.1, 0.15) is 5.82 Å². The molecule has 0 bridgehead atoms. The number of nitrogens with zero attached hydrogens (tertiary/aromatic N) is 2. The minimum atomic E-state index is -0.672. The van der Waals surface area contributed by atoms with E-state index >= 15 is 0 Å². The highest BCUT2D eigenvalue weighted by molar-refractivity contribution is 9.11. The van der Waals surface area contributed by atoms with Gasteiger partial charge >= 0.3 is 5.69 Å². The number of hydrogen-bond acceptors (Lipinski definition) is 5. The van der Waals surface area contributed by atoms with Crippen LogP contribution in [0.3, 0.4) is 0 Å². The summed E-state index contributed by atoms with van der Waals surface area (Å²) in [6, 6.07) is 12.8. The van der Waals surface area contributed by atoms with Crippen molar-refractivity contribution >= 4 is 44.7 Å². The smallest absolute Gasteiger partial charge is 0.330 e. The monoisotopic (exact) mass is 490 g/mol. The fourth-order valence-electron chi connectivity index (χ4n) is 3.03. The second kappa shape index (κ2) is 9.44. The Morgan fingerprint density at radius 2 is 1.90 bits per heavy atom. The predicted octanol–water partition coefficient (Wildman–Crippen LogP) is 3.68. The Hall–Kier alpha value is -2.65. The van der Waals surface area contributed by atoms with Crippen molar-refractivity contribution in [3.63, 3.8) is 0 Å². The average molecular weight is 491 g/mol. The first kappa shape index (κ1) is 22.0. The molecule has 1 amide bonds. The summed E-state index contributed by atoms with van der Waals surface area (Å²) in [4.78, 5) is 42.6. The number of H-pyrrole nitrogens is 1. The Kier molecular flexibility index (Phi) is 6.94. The molecule has 0 radical (unpaired) electrons. The molecule has 0 fully saturated rings. The summed E-state index contributed by atoms with van der Waals surface area (Å²) in [6.07, 6.45) is 0.676. The minimum Gasteiger partial charge on any atom is -0.383 e. The first-order chi connectivity index (χ1) is 14.3. The molecule has 0 atom stereocenters. The van der Waals surface area contributed by atoms with Crippen LogP contribution >= 0.6 is 27.3 Å². The number of aromatic amines is 1. The van der Waals surface area contributed by atoms with E-state index in [1.807, 2.05) is 44.2 Å². The number of nitrogens with one attached hydrogen (secondary N) is 1. The molecule has 30 heavy (non-hydrogen) atoms. The van der Waals surface area contributed by atoms with Gasteiger partial charge in [-0.15, -0.1) is 11.3 Å². The van der Waals surface area contributed by atoms with Crippen molar-refractivity contribution in [1.82, 2.24) is 9.55 Å². The van der Waals surface area contributed by atoms with Gasteiger partial charge < -0.3 is 5.73 Å². The quantitative estimate of drug-likeness (QED) is 0.527. The van der Waals surface area contributed by atoms with Gasteiger partial charge in [0.2, 0.25) is 0 Å². The lowest BCUT2D eigenvalue weighted by atomic mass is 10.1. The molecule has 0 aliphatic carbocycles. The van der Waals surface area contributed by atoms with Gasteiger partial charge in [-0.05, 0) is 46.0 Å². The van der Waals surface area contributed by atoms with Crippen LogP contribution in [0.25, 0.3) is 0 Å². The van der Waals surface area contributed by atoms with E-state index < -0.39 is 11.2 Å². The highest BCUT2D eigenvalue weighted by Gasteiger charge is 2.26. The maximum absolute atomic E-state index is 13.2. The molecule has 158 valence electrons. The van der Waals surface area contributed by atoms with Crippen LogP contribution in [-0.2, 0) is 6.54 Å². The minimum absolute atomic E-state index is 0.000651. The molecule has 2 aromatic heterocycles. The van der Waals surface area contributed by atoms with Crippen LogP contribution in [0.1, 0.15) is 35.5 Å². The van der Waals surface area contributed by atoms with Crippen molar-refractivity contribution in [3.05, 3.63) is 77.5 Å². The molecule has 0 unspecified atom stereocenters. The van der Waals surface area contributed by atoms with Gasteiger partial charge in [-0.25, -0.2) is 4.79 Å². The van der Waals surface area contributed by atoms with Crippen LogP contribution in [0.2, 0.25) is 0 Å². The lowest BCUT2D eigenvalue weighted by molar-refractivity contribution is 0.0989. The van der Waals surface area contributed by atoms with Crippen LogP contribution in [0.15, 0.2) is 55.8 Å². The lowest BCUT2D eigenvalue weighted by Gasteiger charge is -2.25. The number of nitrogens with two attached hydrogens (primary N) is 1. The summed E-state index contributed by atoms with van der Waals surface area (Å²) in [5, 5.41) is 0. The molecule has 9 heteroatoms. The molecule has 3 aromatic rings. The van der Waals surface area contributed by atoms with E-state index in [4.69, 9.17) is 5.73 Å².